The van der Waals surface area contributed by atoms with Gasteiger partial charge in [-0.2, -0.15) is 0 Å². The van der Waals surface area contributed by atoms with E-state index in [2.05, 4.69) is 29.6 Å². The molecular formula is C25H28N2O6. The first kappa shape index (κ1) is 22.8. The quantitative estimate of drug-likeness (QED) is 0.669. The van der Waals surface area contributed by atoms with E-state index in [1.165, 1.54) is 7.11 Å². The molecule has 2 N–H and O–H groups in total. The number of piperidine rings is 1. The maximum Gasteiger partial charge on any atom is 0.407 e. The molecule has 0 radical (unpaired) electrons. The molecule has 1 aliphatic carbocycles. The van der Waals surface area contributed by atoms with Gasteiger partial charge in [0.25, 0.3) is 5.91 Å². The van der Waals surface area contributed by atoms with E-state index in [1.54, 1.807) is 4.90 Å². The molecule has 1 saturated heterocycles. The van der Waals surface area contributed by atoms with Crippen LogP contribution in [0.1, 0.15) is 29.9 Å². The summed E-state index contributed by atoms with van der Waals surface area (Å²) in [6.45, 7) is 0.889. The summed E-state index contributed by atoms with van der Waals surface area (Å²) in [7, 11) is 1.41. The minimum Gasteiger partial charge on any atom is -0.481 e. The number of amides is 2. The Kier molecular flexibility index (Phi) is 6.93. The van der Waals surface area contributed by atoms with Crippen molar-refractivity contribution in [2.75, 3.05) is 33.4 Å². The molecule has 8 nitrogen and oxygen atoms in total. The molecule has 1 fully saturated rings. The van der Waals surface area contributed by atoms with E-state index in [9.17, 15) is 14.4 Å². The number of carboxylic acid groups (broad SMARTS) is 1. The lowest BCUT2D eigenvalue weighted by Gasteiger charge is -2.32. The van der Waals surface area contributed by atoms with Crippen LogP contribution < -0.4 is 5.32 Å². The van der Waals surface area contributed by atoms with E-state index in [1.807, 2.05) is 24.3 Å². The zero-order chi connectivity index (χ0) is 23.4. The predicted molar refractivity (Wildman–Crippen MR) is 121 cm³/mol. The lowest BCUT2D eigenvalue weighted by Crippen LogP contribution is -2.49. The van der Waals surface area contributed by atoms with Crippen LogP contribution in [0, 0.1) is 5.92 Å². The summed E-state index contributed by atoms with van der Waals surface area (Å²) in [4.78, 5) is 37.8. The van der Waals surface area contributed by atoms with E-state index in [4.69, 9.17) is 14.6 Å². The summed E-state index contributed by atoms with van der Waals surface area (Å²) in [5, 5.41) is 11.7. The highest BCUT2D eigenvalue weighted by Gasteiger charge is 2.32. The topological polar surface area (TPSA) is 105 Å². The second-order valence-corrected chi connectivity index (χ2v) is 8.37. The summed E-state index contributed by atoms with van der Waals surface area (Å²) in [6, 6.07) is 16.2. The average molecular weight is 453 g/mol. The van der Waals surface area contributed by atoms with Gasteiger partial charge in [0.2, 0.25) is 0 Å². The summed E-state index contributed by atoms with van der Waals surface area (Å²) >= 11 is 0. The van der Waals surface area contributed by atoms with Gasteiger partial charge >= 0.3 is 12.1 Å². The van der Waals surface area contributed by atoms with E-state index in [-0.39, 0.29) is 25.0 Å². The fraction of sp³-hybridized carbons (Fsp3) is 0.400. The summed E-state index contributed by atoms with van der Waals surface area (Å²) in [5.74, 6) is -1.56. The van der Waals surface area contributed by atoms with Gasteiger partial charge in [-0.3, -0.25) is 9.59 Å². The molecule has 0 saturated carbocycles. The van der Waals surface area contributed by atoms with Crippen molar-refractivity contribution < 1.29 is 29.0 Å². The first-order valence-electron chi connectivity index (χ1n) is 11.1. The molecular weight excluding hydrogens is 424 g/mol. The molecule has 2 aromatic carbocycles. The molecule has 1 heterocycles. The highest BCUT2D eigenvalue weighted by Crippen LogP contribution is 2.44. The summed E-state index contributed by atoms with van der Waals surface area (Å²) < 4.78 is 10.8. The van der Waals surface area contributed by atoms with Crippen LogP contribution in [0.15, 0.2) is 48.5 Å². The normalized spacial score (nSPS) is 16.6. The summed E-state index contributed by atoms with van der Waals surface area (Å²) in [6.07, 6.45) is -0.641. The lowest BCUT2D eigenvalue weighted by molar-refractivity contribution is -0.149. The Bertz CT molecular complexity index is 986. The Morgan fingerprint density at radius 3 is 2.15 bits per heavy atom. The van der Waals surface area contributed by atoms with Crippen LogP contribution in [0.25, 0.3) is 11.1 Å². The van der Waals surface area contributed by atoms with Crippen molar-refractivity contribution in [3.05, 3.63) is 59.7 Å². The number of hydrogen-bond donors (Lipinski definition) is 2. The number of methoxy groups -OCH3 is 1. The minimum absolute atomic E-state index is 0.0229. The molecule has 174 valence electrons. The maximum absolute atomic E-state index is 12.7. The third kappa shape index (κ3) is 4.85. The number of ether oxygens (including phenoxy) is 2. The number of nitrogens with one attached hydrogen (secondary N) is 1. The van der Waals surface area contributed by atoms with Gasteiger partial charge in [0, 0.05) is 26.1 Å². The highest BCUT2D eigenvalue weighted by molar-refractivity contribution is 5.82. The van der Waals surface area contributed by atoms with Crippen LogP contribution in [0.5, 0.6) is 0 Å². The van der Waals surface area contributed by atoms with Crippen molar-refractivity contribution in [3.8, 4) is 11.1 Å². The third-order valence-corrected chi connectivity index (χ3v) is 6.49. The van der Waals surface area contributed by atoms with E-state index >= 15 is 0 Å². The Hall–Kier alpha value is -3.39. The SMILES string of the molecule is COC(CNC(=O)OCC1c2ccccc2-c2ccccc21)C(=O)N1CCC(C(=O)O)CC1. The molecule has 1 aliphatic heterocycles. The number of carbonyl (C=O) groups excluding carboxylic acids is 2. The predicted octanol–water partition coefficient (Wildman–Crippen LogP) is 2.86. The van der Waals surface area contributed by atoms with E-state index in [0.717, 1.165) is 22.3 Å². The van der Waals surface area contributed by atoms with Crippen molar-refractivity contribution in [3.63, 3.8) is 0 Å². The Balaban J connectivity index is 1.29. The number of carboxylic acids is 1. The first-order valence-corrected chi connectivity index (χ1v) is 11.1. The highest BCUT2D eigenvalue weighted by atomic mass is 16.5. The fourth-order valence-electron chi connectivity index (χ4n) is 4.65. The molecule has 0 aromatic heterocycles. The van der Waals surface area contributed by atoms with Crippen LogP contribution in [0.3, 0.4) is 0 Å². The molecule has 2 aliphatic rings. The average Bonchev–Trinajstić information content (AvgIpc) is 3.16. The molecule has 4 rings (SSSR count). The lowest BCUT2D eigenvalue weighted by atomic mass is 9.97. The number of benzene rings is 2. The van der Waals surface area contributed by atoms with Crippen LogP contribution in [-0.2, 0) is 19.1 Å². The van der Waals surface area contributed by atoms with Crippen LogP contribution in [0.2, 0.25) is 0 Å². The van der Waals surface area contributed by atoms with Gasteiger partial charge in [-0.25, -0.2) is 4.79 Å². The maximum atomic E-state index is 12.7. The van der Waals surface area contributed by atoms with Gasteiger partial charge in [-0.15, -0.1) is 0 Å². The first-order chi connectivity index (χ1) is 16.0. The summed E-state index contributed by atoms with van der Waals surface area (Å²) in [5.41, 5.74) is 4.56. The van der Waals surface area contributed by atoms with Crippen LogP contribution in [0.4, 0.5) is 4.79 Å². The number of nitrogens with zero attached hydrogens (tertiary/aromatic N) is 1. The monoisotopic (exact) mass is 452 g/mol. The number of aliphatic carboxylic acids is 1. The molecule has 0 spiro atoms. The van der Waals surface area contributed by atoms with Gasteiger partial charge < -0.3 is 24.8 Å². The molecule has 8 heteroatoms. The number of hydrogen-bond acceptors (Lipinski definition) is 5. The smallest absolute Gasteiger partial charge is 0.407 e. The molecule has 1 unspecified atom stereocenters. The molecule has 0 bridgehead atoms. The third-order valence-electron chi connectivity index (χ3n) is 6.49. The largest absolute Gasteiger partial charge is 0.481 e. The number of carbonyl (C=O) groups is 3. The van der Waals surface area contributed by atoms with Crippen molar-refractivity contribution in [2.24, 2.45) is 5.92 Å². The fourth-order valence-corrected chi connectivity index (χ4v) is 4.65. The Morgan fingerprint density at radius 1 is 1.03 bits per heavy atom. The van der Waals surface area contributed by atoms with Crippen LogP contribution in [-0.4, -0.2) is 67.4 Å². The van der Waals surface area contributed by atoms with Gasteiger partial charge in [-0.05, 0) is 35.1 Å². The van der Waals surface area contributed by atoms with Gasteiger partial charge in [-0.1, -0.05) is 48.5 Å². The van der Waals surface area contributed by atoms with Crippen LogP contribution >= 0.6 is 0 Å². The van der Waals surface area contributed by atoms with Gasteiger partial charge in [0.15, 0.2) is 6.10 Å². The second kappa shape index (κ2) is 10.0. The van der Waals surface area contributed by atoms with E-state index in [0.29, 0.717) is 25.9 Å². The second-order valence-electron chi connectivity index (χ2n) is 8.37. The Morgan fingerprint density at radius 2 is 1.61 bits per heavy atom. The number of rotatable bonds is 7. The number of likely N-dealkylation sites (tertiary alicyclic amines) is 1. The van der Waals surface area contributed by atoms with Crippen molar-refractivity contribution in [2.45, 2.75) is 24.9 Å². The minimum atomic E-state index is -0.855. The standard InChI is InChI=1S/C25H28N2O6/c1-32-22(23(28)27-12-10-16(11-13-27)24(29)30)14-26-25(31)33-15-21-19-8-4-2-6-17(19)18-7-3-5-9-20(18)21/h2-9,16,21-22H,10-15H2,1H3,(H,26,31)(H,29,30). The molecule has 2 aromatic rings. The van der Waals surface area contributed by atoms with Crippen molar-refractivity contribution in [1.29, 1.82) is 0 Å². The molecule has 33 heavy (non-hydrogen) atoms. The molecule has 1 atom stereocenters. The zero-order valence-corrected chi connectivity index (χ0v) is 18.5. The van der Waals surface area contributed by atoms with Gasteiger partial charge in [0.1, 0.15) is 6.61 Å². The van der Waals surface area contributed by atoms with Gasteiger partial charge in [0.05, 0.1) is 12.5 Å². The van der Waals surface area contributed by atoms with Crippen molar-refractivity contribution in [1.82, 2.24) is 10.2 Å². The number of alkyl carbamates (subject to hydrolysis) is 1. The molecule has 2 amide bonds. The zero-order valence-electron chi connectivity index (χ0n) is 18.5. The number of fused-ring (bicyclic) bond motifs is 3. The van der Waals surface area contributed by atoms with Crippen molar-refractivity contribution >= 4 is 18.0 Å². The van der Waals surface area contributed by atoms with E-state index < -0.39 is 24.1 Å². The Labute approximate surface area is 192 Å².